The van der Waals surface area contributed by atoms with Crippen LogP contribution in [0.15, 0.2) is 23.1 Å². The molecule has 27 heavy (non-hydrogen) atoms. The second-order valence-electron chi connectivity index (χ2n) is 7.88. The van der Waals surface area contributed by atoms with Crippen molar-refractivity contribution in [2.24, 2.45) is 17.8 Å². The highest BCUT2D eigenvalue weighted by Gasteiger charge is 2.43. The average molecular weight is 398 g/mol. The first-order valence-electron chi connectivity index (χ1n) is 9.60. The summed E-state index contributed by atoms with van der Waals surface area (Å²) in [5.74, 6) is -0.255. The lowest BCUT2D eigenvalue weighted by molar-refractivity contribution is -0.133. The molecule has 5 nitrogen and oxygen atoms in total. The fourth-order valence-electron chi connectivity index (χ4n) is 4.13. The van der Waals surface area contributed by atoms with Gasteiger partial charge in [0, 0.05) is 32.6 Å². The molecule has 1 heterocycles. The number of carbonyl (C=O) groups is 1. The lowest BCUT2D eigenvalue weighted by Crippen LogP contribution is -2.51. The van der Waals surface area contributed by atoms with Crippen LogP contribution in [0.1, 0.15) is 32.1 Å². The van der Waals surface area contributed by atoms with Gasteiger partial charge in [0.25, 0.3) is 0 Å². The van der Waals surface area contributed by atoms with E-state index in [1.807, 2.05) is 0 Å². The predicted octanol–water partition coefficient (Wildman–Crippen LogP) is 2.62. The van der Waals surface area contributed by atoms with E-state index in [2.05, 4.69) is 0 Å². The van der Waals surface area contributed by atoms with Crippen LogP contribution in [0, 0.1) is 29.4 Å². The highest BCUT2D eigenvalue weighted by Crippen LogP contribution is 2.50. The Kier molecular flexibility index (Phi) is 4.96. The van der Waals surface area contributed by atoms with Gasteiger partial charge < -0.3 is 4.90 Å². The van der Waals surface area contributed by atoms with Crippen LogP contribution in [0.5, 0.6) is 0 Å². The van der Waals surface area contributed by atoms with Gasteiger partial charge in [0.15, 0.2) is 4.90 Å². The maximum atomic E-state index is 13.9. The summed E-state index contributed by atoms with van der Waals surface area (Å²) in [5.41, 5.74) is 0. The molecule has 1 aromatic rings. The number of carbonyl (C=O) groups excluding carboxylic acids is 1. The Labute approximate surface area is 158 Å². The molecule has 4 rings (SSSR count). The lowest BCUT2D eigenvalue weighted by atomic mass is 9.93. The maximum absolute atomic E-state index is 13.9. The number of amides is 1. The van der Waals surface area contributed by atoms with E-state index in [-0.39, 0.29) is 32.1 Å². The van der Waals surface area contributed by atoms with Crippen molar-refractivity contribution in [3.8, 4) is 0 Å². The van der Waals surface area contributed by atoms with Gasteiger partial charge in [0.2, 0.25) is 15.9 Å². The highest BCUT2D eigenvalue weighted by atomic mass is 32.2. The van der Waals surface area contributed by atoms with E-state index in [1.54, 1.807) is 4.90 Å². The van der Waals surface area contributed by atoms with Crippen LogP contribution >= 0.6 is 0 Å². The van der Waals surface area contributed by atoms with E-state index in [0.717, 1.165) is 22.5 Å². The number of sulfonamides is 1. The number of nitrogens with zero attached hydrogens (tertiary/aromatic N) is 2. The van der Waals surface area contributed by atoms with Crippen molar-refractivity contribution >= 4 is 15.9 Å². The number of benzene rings is 1. The molecule has 1 aromatic carbocycles. The third kappa shape index (κ3) is 3.87. The summed E-state index contributed by atoms with van der Waals surface area (Å²) in [5, 5.41) is 0. The van der Waals surface area contributed by atoms with Gasteiger partial charge in [-0.05, 0) is 55.6 Å². The van der Waals surface area contributed by atoms with E-state index in [4.69, 9.17) is 0 Å². The van der Waals surface area contributed by atoms with Crippen molar-refractivity contribution in [1.29, 1.82) is 0 Å². The van der Waals surface area contributed by atoms with Crippen LogP contribution in [-0.4, -0.2) is 49.7 Å². The third-order valence-corrected chi connectivity index (χ3v) is 7.92. The van der Waals surface area contributed by atoms with E-state index in [0.29, 0.717) is 24.2 Å². The van der Waals surface area contributed by atoms with Gasteiger partial charge in [-0.15, -0.1) is 0 Å². The molecule has 0 atom stereocenters. The van der Waals surface area contributed by atoms with Gasteiger partial charge in [-0.2, -0.15) is 4.31 Å². The molecule has 3 fully saturated rings. The molecule has 1 amide bonds. The van der Waals surface area contributed by atoms with E-state index >= 15 is 0 Å². The van der Waals surface area contributed by atoms with Crippen LogP contribution in [0.2, 0.25) is 0 Å². The number of hydrogen-bond acceptors (Lipinski definition) is 3. The van der Waals surface area contributed by atoms with Crippen molar-refractivity contribution in [2.75, 3.05) is 26.2 Å². The molecule has 0 aromatic heterocycles. The Balaban J connectivity index is 1.39. The molecule has 3 aliphatic rings. The van der Waals surface area contributed by atoms with Crippen molar-refractivity contribution in [1.82, 2.24) is 9.21 Å². The summed E-state index contributed by atoms with van der Waals surface area (Å²) in [6.45, 7) is 0.630. The number of piperazine rings is 1. The molecule has 0 radical (unpaired) electrons. The molecule has 0 spiro atoms. The Hall–Kier alpha value is -1.54. The zero-order valence-electron chi connectivity index (χ0n) is 15.1. The summed E-state index contributed by atoms with van der Waals surface area (Å²) in [7, 11) is -4.26. The van der Waals surface area contributed by atoms with Crippen LogP contribution in [0.3, 0.4) is 0 Å². The smallest absolute Gasteiger partial charge is 0.249 e. The minimum absolute atomic E-state index is 0.0549. The van der Waals surface area contributed by atoms with Crippen LogP contribution in [-0.2, 0) is 14.8 Å². The van der Waals surface area contributed by atoms with Gasteiger partial charge in [0.05, 0.1) is 0 Å². The highest BCUT2D eigenvalue weighted by molar-refractivity contribution is 7.89. The Bertz CT molecular complexity index is 797. The first kappa shape index (κ1) is 18.8. The number of halogens is 2. The number of rotatable bonds is 6. The molecule has 0 unspecified atom stereocenters. The molecule has 0 bridgehead atoms. The second kappa shape index (κ2) is 7.13. The molecular weight excluding hydrogens is 374 g/mol. The quantitative estimate of drug-likeness (QED) is 0.740. The Morgan fingerprint density at radius 3 is 2.00 bits per heavy atom. The fourth-order valence-corrected chi connectivity index (χ4v) is 5.66. The van der Waals surface area contributed by atoms with Gasteiger partial charge in [-0.1, -0.05) is 6.07 Å². The third-order valence-electron chi connectivity index (χ3n) is 5.97. The molecule has 148 valence electrons. The second-order valence-corrected chi connectivity index (χ2v) is 9.75. The topological polar surface area (TPSA) is 57.7 Å². The summed E-state index contributed by atoms with van der Waals surface area (Å²) in [6, 6.07) is 3.01. The molecule has 8 heteroatoms. The average Bonchev–Trinajstić information content (AvgIpc) is 3.53. The summed E-state index contributed by atoms with van der Waals surface area (Å²) >= 11 is 0. The molecular formula is C19H24F2N2O3S. The summed E-state index contributed by atoms with van der Waals surface area (Å²) < 4.78 is 54.1. The molecule has 2 aliphatic carbocycles. The zero-order valence-corrected chi connectivity index (χ0v) is 15.9. The largest absolute Gasteiger partial charge is 0.340 e. The summed E-state index contributed by atoms with van der Waals surface area (Å²) in [4.78, 5) is 13.4. The normalized spacial score (nSPS) is 21.7. The lowest BCUT2D eigenvalue weighted by Gasteiger charge is -2.34. The minimum atomic E-state index is -4.26. The van der Waals surface area contributed by atoms with Crippen molar-refractivity contribution in [3.63, 3.8) is 0 Å². The molecule has 2 saturated carbocycles. The Morgan fingerprint density at radius 1 is 1.00 bits per heavy atom. The molecule has 1 aliphatic heterocycles. The van der Waals surface area contributed by atoms with Crippen LogP contribution in [0.25, 0.3) is 0 Å². The van der Waals surface area contributed by atoms with Gasteiger partial charge >= 0.3 is 0 Å². The monoisotopic (exact) mass is 398 g/mol. The minimum Gasteiger partial charge on any atom is -0.340 e. The Morgan fingerprint density at radius 2 is 1.52 bits per heavy atom. The van der Waals surface area contributed by atoms with Crippen LogP contribution in [0.4, 0.5) is 8.78 Å². The first-order chi connectivity index (χ1) is 12.9. The van der Waals surface area contributed by atoms with Crippen LogP contribution < -0.4 is 0 Å². The van der Waals surface area contributed by atoms with Crippen molar-refractivity contribution < 1.29 is 22.0 Å². The van der Waals surface area contributed by atoms with E-state index in [9.17, 15) is 22.0 Å². The van der Waals surface area contributed by atoms with Crippen molar-refractivity contribution in [2.45, 2.75) is 37.0 Å². The summed E-state index contributed by atoms with van der Waals surface area (Å²) in [6.07, 6.45) is 5.41. The van der Waals surface area contributed by atoms with E-state index < -0.39 is 26.6 Å². The van der Waals surface area contributed by atoms with Crippen molar-refractivity contribution in [3.05, 3.63) is 29.8 Å². The van der Waals surface area contributed by atoms with Gasteiger partial charge in [0.1, 0.15) is 11.6 Å². The molecule has 1 saturated heterocycles. The first-order valence-corrected chi connectivity index (χ1v) is 11.0. The standard InChI is InChI=1S/C19H24F2N2O3S/c20-16-2-1-3-17(21)19(16)27(25,26)23-10-8-22(9-11-23)18(24)12-15(13-4-5-13)14-6-7-14/h1-3,13-15H,4-12H2. The fraction of sp³-hybridized carbons (Fsp3) is 0.632. The zero-order chi connectivity index (χ0) is 19.2. The SMILES string of the molecule is O=C(CC(C1CC1)C1CC1)N1CCN(S(=O)(=O)c2c(F)cccc2F)CC1. The number of hydrogen-bond donors (Lipinski definition) is 0. The molecule has 0 N–H and O–H groups in total. The van der Waals surface area contributed by atoms with E-state index in [1.165, 1.54) is 25.7 Å². The van der Waals surface area contributed by atoms with Gasteiger partial charge in [-0.25, -0.2) is 17.2 Å². The van der Waals surface area contributed by atoms with Gasteiger partial charge in [-0.3, -0.25) is 4.79 Å². The maximum Gasteiger partial charge on any atom is 0.249 e. The predicted molar refractivity (Wildman–Crippen MR) is 95.3 cm³/mol.